The molecule has 2 aliphatic heterocycles. The van der Waals surface area contributed by atoms with Crippen molar-refractivity contribution in [2.24, 2.45) is 0 Å². The van der Waals surface area contributed by atoms with E-state index in [0.717, 1.165) is 31.1 Å². The van der Waals surface area contributed by atoms with Gasteiger partial charge in [0.05, 0.1) is 18.8 Å². The number of benzene rings is 3. The van der Waals surface area contributed by atoms with Gasteiger partial charge in [-0.25, -0.2) is 13.9 Å². The Morgan fingerprint density at radius 1 is 0.951 bits per heavy atom. The van der Waals surface area contributed by atoms with Crippen LogP contribution in [0.2, 0.25) is 0 Å². The van der Waals surface area contributed by atoms with Gasteiger partial charge in [0.1, 0.15) is 5.75 Å². The molecule has 0 aliphatic carbocycles. The highest BCUT2D eigenvalue weighted by Crippen LogP contribution is 2.45. The zero-order valence-electron chi connectivity index (χ0n) is 22.9. The first-order valence-electron chi connectivity index (χ1n) is 13.8. The van der Waals surface area contributed by atoms with Gasteiger partial charge in [0.15, 0.2) is 0 Å². The van der Waals surface area contributed by atoms with Crippen molar-refractivity contribution in [3.63, 3.8) is 0 Å². The monoisotopic (exact) mass is 569 g/mol. The number of hydrogen-bond donors (Lipinski definition) is 1. The highest BCUT2D eigenvalue weighted by Gasteiger charge is 2.50. The van der Waals surface area contributed by atoms with Crippen LogP contribution in [0.15, 0.2) is 78.9 Å². The summed E-state index contributed by atoms with van der Waals surface area (Å²) >= 11 is 0. The van der Waals surface area contributed by atoms with Crippen LogP contribution in [0.1, 0.15) is 36.0 Å². The van der Waals surface area contributed by atoms with Crippen molar-refractivity contribution in [2.75, 3.05) is 51.3 Å². The number of fused-ring (bicyclic) bond motifs is 1. The minimum absolute atomic E-state index is 0.0723. The average Bonchev–Trinajstić information content (AvgIpc) is 2.96. The van der Waals surface area contributed by atoms with E-state index in [2.05, 4.69) is 44.0 Å². The first kappa shape index (κ1) is 28.9. The second-order valence-corrected chi connectivity index (χ2v) is 10.3. The van der Waals surface area contributed by atoms with Gasteiger partial charge in [-0.2, -0.15) is 0 Å². The predicted molar refractivity (Wildman–Crippen MR) is 149 cm³/mol. The van der Waals surface area contributed by atoms with E-state index < -0.39 is 12.1 Å². The van der Waals surface area contributed by atoms with Crippen LogP contribution >= 0.6 is 0 Å². The van der Waals surface area contributed by atoms with Gasteiger partial charge in [0, 0.05) is 44.3 Å². The van der Waals surface area contributed by atoms with E-state index in [1.165, 1.54) is 18.2 Å². The number of alkyl halides is 3. The number of amides is 2. The normalized spacial score (nSPS) is 20.2. The van der Waals surface area contributed by atoms with Gasteiger partial charge in [-0.1, -0.05) is 60.7 Å². The third-order valence-corrected chi connectivity index (χ3v) is 7.42. The lowest BCUT2D eigenvalue weighted by atomic mass is 9.88. The molecule has 2 heterocycles. The second-order valence-electron chi connectivity index (χ2n) is 10.3. The first-order chi connectivity index (χ1) is 19.7. The van der Waals surface area contributed by atoms with Crippen LogP contribution in [0.4, 0.5) is 23.7 Å². The van der Waals surface area contributed by atoms with Gasteiger partial charge in [0.25, 0.3) is 0 Å². The van der Waals surface area contributed by atoms with Crippen LogP contribution in [0.5, 0.6) is 5.75 Å². The molecule has 1 atom stereocenters. The topological polar surface area (TPSA) is 63.3 Å². The second kappa shape index (κ2) is 12.5. The molecule has 41 heavy (non-hydrogen) atoms. The van der Waals surface area contributed by atoms with Gasteiger partial charge in [-0.05, 0) is 42.7 Å². The Morgan fingerprint density at radius 2 is 1.59 bits per heavy atom. The lowest BCUT2D eigenvalue weighted by Gasteiger charge is -2.34. The van der Waals surface area contributed by atoms with Gasteiger partial charge < -0.3 is 19.7 Å². The van der Waals surface area contributed by atoms with Crippen LogP contribution in [0.3, 0.4) is 0 Å². The molecule has 1 fully saturated rings. The number of morpholine rings is 1. The minimum atomic E-state index is -4.09. The van der Waals surface area contributed by atoms with Gasteiger partial charge in [-0.3, -0.25) is 4.90 Å². The molecule has 2 amide bonds. The molecule has 1 saturated heterocycles. The largest absolute Gasteiger partial charge is 0.538 e. The van der Waals surface area contributed by atoms with Gasteiger partial charge >= 0.3 is 12.3 Å². The number of anilines is 1. The number of hydrogen-bond acceptors (Lipinski definition) is 5. The third-order valence-electron chi connectivity index (χ3n) is 7.42. The summed E-state index contributed by atoms with van der Waals surface area (Å²) < 4.78 is 56.4. The van der Waals surface area contributed by atoms with Gasteiger partial charge in [-0.15, -0.1) is 8.78 Å². The SMILES string of the molecule is CC1(F)OC(F)(F)Oc2ccc(NC(=O)N(CCC(c3ccccc3)c3ccccc3)CCN3CCOCC3)cc21. The maximum atomic E-state index is 15.0. The number of carbonyl (C=O) groups is 1. The number of rotatable bonds is 9. The Balaban J connectivity index is 1.34. The maximum Gasteiger partial charge on any atom is 0.538 e. The third kappa shape index (κ3) is 7.38. The molecule has 0 aromatic heterocycles. The van der Waals surface area contributed by atoms with Crippen molar-refractivity contribution in [1.82, 2.24) is 9.80 Å². The lowest BCUT2D eigenvalue weighted by Crippen LogP contribution is -2.45. The molecule has 0 spiro atoms. The number of ether oxygens (including phenoxy) is 3. The summed E-state index contributed by atoms with van der Waals surface area (Å²) in [5.41, 5.74) is 2.32. The quantitative estimate of drug-likeness (QED) is 0.334. The number of carbonyl (C=O) groups excluding carboxylic acids is 1. The van der Waals surface area contributed by atoms with E-state index in [4.69, 9.17) is 4.74 Å². The molecule has 3 aromatic carbocycles. The molecule has 0 radical (unpaired) electrons. The van der Waals surface area contributed by atoms with Crippen molar-refractivity contribution >= 4 is 11.7 Å². The summed E-state index contributed by atoms with van der Waals surface area (Å²) in [5, 5.41) is 2.82. The zero-order valence-corrected chi connectivity index (χ0v) is 22.9. The lowest BCUT2D eigenvalue weighted by molar-refractivity contribution is -0.426. The maximum absolute atomic E-state index is 15.0. The van der Waals surface area contributed by atoms with Crippen molar-refractivity contribution in [1.29, 1.82) is 0 Å². The van der Waals surface area contributed by atoms with Crippen LogP contribution in [-0.4, -0.2) is 68.1 Å². The zero-order chi connectivity index (χ0) is 28.9. The average molecular weight is 570 g/mol. The van der Waals surface area contributed by atoms with Crippen LogP contribution in [0, 0.1) is 0 Å². The van der Waals surface area contributed by atoms with Crippen LogP contribution in [-0.2, 0) is 15.3 Å². The molecule has 7 nitrogen and oxygen atoms in total. The molecule has 0 saturated carbocycles. The van der Waals surface area contributed by atoms with Crippen molar-refractivity contribution in [2.45, 2.75) is 31.4 Å². The first-order valence-corrected chi connectivity index (χ1v) is 13.8. The summed E-state index contributed by atoms with van der Waals surface area (Å²) in [6, 6.07) is 23.8. The molecule has 1 unspecified atom stereocenters. The van der Waals surface area contributed by atoms with Crippen LogP contribution in [0.25, 0.3) is 0 Å². The Morgan fingerprint density at radius 3 is 2.22 bits per heavy atom. The Kier molecular flexibility index (Phi) is 8.82. The van der Waals surface area contributed by atoms with E-state index in [-0.39, 0.29) is 28.9 Å². The summed E-state index contributed by atoms with van der Waals surface area (Å²) in [7, 11) is 0. The molecular weight excluding hydrogens is 535 g/mol. The Labute approximate surface area is 237 Å². The molecule has 218 valence electrons. The molecular formula is C31H34F3N3O4. The molecule has 5 rings (SSSR count). The molecule has 0 bridgehead atoms. The van der Waals surface area contributed by atoms with Gasteiger partial charge in [0.2, 0.25) is 5.85 Å². The van der Waals surface area contributed by atoms with E-state index in [1.54, 1.807) is 4.90 Å². The van der Waals surface area contributed by atoms with E-state index in [9.17, 15) is 18.0 Å². The number of halogens is 3. The number of urea groups is 1. The van der Waals surface area contributed by atoms with Crippen molar-refractivity contribution in [3.05, 3.63) is 95.6 Å². The molecule has 3 aromatic rings. The Bertz CT molecular complexity index is 1260. The summed E-state index contributed by atoms with van der Waals surface area (Å²) in [4.78, 5) is 17.6. The molecule has 1 N–H and O–H groups in total. The summed E-state index contributed by atoms with van der Waals surface area (Å²) in [6.07, 6.45) is -3.42. The van der Waals surface area contributed by atoms with Crippen LogP contribution < -0.4 is 10.1 Å². The van der Waals surface area contributed by atoms with Crippen molar-refractivity contribution < 1.29 is 32.2 Å². The smallest absolute Gasteiger partial charge is 0.409 e. The number of nitrogens with one attached hydrogen (secondary N) is 1. The van der Waals surface area contributed by atoms with Crippen molar-refractivity contribution in [3.8, 4) is 5.75 Å². The standard InChI is InChI=1S/C31H34F3N3O4/c1-30(32)27-22-25(12-13-28(27)40-31(33,34)41-30)35-29(38)37(17-16-36-18-20-39-21-19-36)15-14-26(23-8-4-2-5-9-23)24-10-6-3-7-11-24/h2-13,22,26H,14-21H2,1H3,(H,35,38). The predicted octanol–water partition coefficient (Wildman–Crippen LogP) is 6.18. The summed E-state index contributed by atoms with van der Waals surface area (Å²) in [5.74, 6) is -3.07. The summed E-state index contributed by atoms with van der Waals surface area (Å²) in [6.45, 7) is 5.35. The fourth-order valence-electron chi connectivity index (χ4n) is 5.26. The fraction of sp³-hybridized carbons (Fsp3) is 0.387. The molecule has 10 heteroatoms. The number of nitrogens with zero attached hydrogens (tertiary/aromatic N) is 2. The fourth-order valence-corrected chi connectivity index (χ4v) is 5.26. The highest BCUT2D eigenvalue weighted by atomic mass is 19.3. The molecule has 2 aliphatic rings. The van der Waals surface area contributed by atoms with E-state index in [0.29, 0.717) is 39.3 Å². The minimum Gasteiger partial charge on any atom is -0.409 e. The highest BCUT2D eigenvalue weighted by molar-refractivity contribution is 5.89. The van der Waals surface area contributed by atoms with E-state index in [1.807, 2.05) is 36.4 Å². The Hall–Kier alpha value is -3.60. The van der Waals surface area contributed by atoms with E-state index >= 15 is 0 Å².